The monoisotopic (exact) mass is 351 g/mol. The molecule has 1 fully saturated rings. The predicted octanol–water partition coefficient (Wildman–Crippen LogP) is 2.24. The molecule has 1 aliphatic rings. The zero-order valence-electron chi connectivity index (χ0n) is 15.1. The van der Waals surface area contributed by atoms with Crippen molar-refractivity contribution in [2.45, 2.75) is 33.3 Å². The van der Waals surface area contributed by atoms with E-state index in [1.807, 2.05) is 25.7 Å². The van der Waals surface area contributed by atoms with Crippen LogP contribution in [0, 0.1) is 0 Å². The quantitative estimate of drug-likeness (QED) is 0.889. The molecule has 0 atom stereocenters. The van der Waals surface area contributed by atoms with Gasteiger partial charge in [0.15, 0.2) is 0 Å². The highest BCUT2D eigenvalue weighted by molar-refractivity contribution is 5.90. The third kappa shape index (κ3) is 4.98. The molecule has 0 aliphatic carbocycles. The largest absolute Gasteiger partial charge is 0.493 e. The van der Waals surface area contributed by atoms with E-state index in [4.69, 9.17) is 9.47 Å². The minimum absolute atomic E-state index is 0.0398. The molecule has 1 aromatic heterocycles. The maximum atomic E-state index is 12.1. The van der Waals surface area contributed by atoms with E-state index in [1.54, 1.807) is 17.9 Å². The fraction of sp³-hybridized carbons (Fsp3) is 0.588. The summed E-state index contributed by atoms with van der Waals surface area (Å²) in [5.41, 5.74) is -0.479. The molecule has 1 aromatic rings. The number of carboxylic acid groups (broad SMARTS) is 1. The number of anilines is 1. The van der Waals surface area contributed by atoms with E-state index < -0.39 is 11.6 Å². The van der Waals surface area contributed by atoms with Crippen LogP contribution in [0.4, 0.5) is 10.6 Å². The second-order valence-corrected chi connectivity index (χ2v) is 6.73. The molecule has 0 radical (unpaired) electrons. The van der Waals surface area contributed by atoms with E-state index in [2.05, 4.69) is 4.98 Å². The summed E-state index contributed by atoms with van der Waals surface area (Å²) in [6.45, 7) is 9.89. The Kier molecular flexibility index (Phi) is 5.71. The van der Waals surface area contributed by atoms with Gasteiger partial charge < -0.3 is 24.4 Å². The molecule has 0 spiro atoms. The lowest BCUT2D eigenvalue weighted by Crippen LogP contribution is -2.50. The summed E-state index contributed by atoms with van der Waals surface area (Å²) in [6.07, 6.45) is 0.986. The fourth-order valence-corrected chi connectivity index (χ4v) is 2.48. The highest BCUT2D eigenvalue weighted by Crippen LogP contribution is 2.24. The van der Waals surface area contributed by atoms with Gasteiger partial charge in [-0.3, -0.25) is 0 Å². The number of pyridine rings is 1. The number of hydrogen-bond acceptors (Lipinski definition) is 6. The number of aromatic nitrogens is 1. The Morgan fingerprint density at radius 2 is 1.88 bits per heavy atom. The standard InChI is InChI=1S/C17H25N3O5/c1-5-24-13-10-14(18-11-12(13)15(21)22)19-6-8-20(9-7-19)16(23)25-17(2,3)4/h10-11H,5-9H2,1-4H3,(H,21,22). The fourth-order valence-electron chi connectivity index (χ4n) is 2.48. The van der Waals surface area contributed by atoms with Gasteiger partial charge in [0, 0.05) is 38.4 Å². The Morgan fingerprint density at radius 3 is 2.40 bits per heavy atom. The molecule has 1 saturated heterocycles. The number of nitrogens with zero attached hydrogens (tertiary/aromatic N) is 3. The van der Waals surface area contributed by atoms with E-state index in [0.29, 0.717) is 44.4 Å². The minimum Gasteiger partial charge on any atom is -0.493 e. The summed E-state index contributed by atoms with van der Waals surface area (Å²) in [5, 5.41) is 9.19. The highest BCUT2D eigenvalue weighted by atomic mass is 16.6. The summed E-state index contributed by atoms with van der Waals surface area (Å²) >= 11 is 0. The first-order valence-electron chi connectivity index (χ1n) is 8.30. The molecule has 8 nitrogen and oxygen atoms in total. The van der Waals surface area contributed by atoms with Crippen molar-refractivity contribution < 1.29 is 24.2 Å². The molecule has 0 aromatic carbocycles. The van der Waals surface area contributed by atoms with Crippen molar-refractivity contribution in [1.82, 2.24) is 9.88 Å². The maximum Gasteiger partial charge on any atom is 0.410 e. The second kappa shape index (κ2) is 7.58. The van der Waals surface area contributed by atoms with Gasteiger partial charge in [-0.25, -0.2) is 14.6 Å². The van der Waals surface area contributed by atoms with Crippen LogP contribution in [0.3, 0.4) is 0 Å². The average Bonchev–Trinajstić information content (AvgIpc) is 2.53. The third-order valence-electron chi connectivity index (χ3n) is 3.64. The van der Waals surface area contributed by atoms with Crippen molar-refractivity contribution in [2.24, 2.45) is 0 Å². The number of aromatic carboxylic acids is 1. The van der Waals surface area contributed by atoms with Gasteiger partial charge in [0.1, 0.15) is 22.7 Å². The Bertz CT molecular complexity index is 634. The smallest absolute Gasteiger partial charge is 0.410 e. The zero-order chi connectivity index (χ0) is 18.6. The van der Waals surface area contributed by atoms with Crippen LogP contribution in [0.15, 0.2) is 12.3 Å². The number of amides is 1. The van der Waals surface area contributed by atoms with Crippen LogP contribution < -0.4 is 9.64 Å². The average molecular weight is 351 g/mol. The van der Waals surface area contributed by atoms with Crippen molar-refractivity contribution in [1.29, 1.82) is 0 Å². The molecule has 0 bridgehead atoms. The van der Waals surface area contributed by atoms with E-state index >= 15 is 0 Å². The number of rotatable bonds is 4. The summed E-state index contributed by atoms with van der Waals surface area (Å²) in [5.74, 6) is -0.135. The molecule has 138 valence electrons. The lowest BCUT2D eigenvalue weighted by molar-refractivity contribution is 0.0240. The first kappa shape index (κ1) is 18.8. The molecule has 25 heavy (non-hydrogen) atoms. The number of ether oxygens (including phenoxy) is 2. The molecule has 1 amide bonds. The highest BCUT2D eigenvalue weighted by Gasteiger charge is 2.27. The first-order chi connectivity index (χ1) is 11.7. The molecule has 0 unspecified atom stereocenters. The lowest BCUT2D eigenvalue weighted by Gasteiger charge is -2.36. The third-order valence-corrected chi connectivity index (χ3v) is 3.64. The van der Waals surface area contributed by atoms with Crippen LogP contribution in [0.5, 0.6) is 5.75 Å². The Morgan fingerprint density at radius 1 is 1.24 bits per heavy atom. The molecule has 8 heteroatoms. The van der Waals surface area contributed by atoms with Gasteiger partial charge in [0.2, 0.25) is 0 Å². The van der Waals surface area contributed by atoms with Crippen LogP contribution in [0.25, 0.3) is 0 Å². The van der Waals surface area contributed by atoms with Crippen molar-refractivity contribution >= 4 is 17.9 Å². The molecule has 1 N–H and O–H groups in total. The van der Waals surface area contributed by atoms with Crippen LogP contribution in [-0.4, -0.2) is 65.4 Å². The summed E-state index contributed by atoms with van der Waals surface area (Å²) < 4.78 is 10.8. The van der Waals surface area contributed by atoms with Gasteiger partial charge in [-0.05, 0) is 27.7 Å². The normalized spacial score (nSPS) is 15.0. The van der Waals surface area contributed by atoms with Gasteiger partial charge in [-0.1, -0.05) is 0 Å². The van der Waals surface area contributed by atoms with Crippen molar-refractivity contribution in [3.63, 3.8) is 0 Å². The van der Waals surface area contributed by atoms with E-state index in [1.165, 1.54) is 6.20 Å². The molecule has 2 heterocycles. The Balaban J connectivity index is 2.04. The summed E-state index contributed by atoms with van der Waals surface area (Å²) in [4.78, 5) is 31.2. The number of hydrogen-bond donors (Lipinski definition) is 1. The summed E-state index contributed by atoms with van der Waals surface area (Å²) in [6, 6.07) is 1.64. The molecule has 0 saturated carbocycles. The van der Waals surface area contributed by atoms with E-state index in [9.17, 15) is 14.7 Å². The van der Waals surface area contributed by atoms with Crippen molar-refractivity contribution in [3.8, 4) is 5.75 Å². The summed E-state index contributed by atoms with van der Waals surface area (Å²) in [7, 11) is 0. The van der Waals surface area contributed by atoms with Crippen molar-refractivity contribution in [3.05, 3.63) is 17.8 Å². The van der Waals surface area contributed by atoms with Crippen LogP contribution in [0.1, 0.15) is 38.1 Å². The van der Waals surface area contributed by atoms with Gasteiger partial charge in [-0.2, -0.15) is 0 Å². The van der Waals surface area contributed by atoms with E-state index in [-0.39, 0.29) is 11.7 Å². The van der Waals surface area contributed by atoms with Gasteiger partial charge in [0.05, 0.1) is 6.61 Å². The van der Waals surface area contributed by atoms with Gasteiger partial charge >= 0.3 is 12.1 Å². The number of carboxylic acids is 1. The van der Waals surface area contributed by atoms with Crippen LogP contribution >= 0.6 is 0 Å². The minimum atomic E-state index is -1.07. The SMILES string of the molecule is CCOc1cc(N2CCN(C(=O)OC(C)(C)C)CC2)ncc1C(=O)O. The van der Waals surface area contributed by atoms with Crippen LogP contribution in [-0.2, 0) is 4.74 Å². The molecular weight excluding hydrogens is 326 g/mol. The van der Waals surface area contributed by atoms with Gasteiger partial charge in [-0.15, -0.1) is 0 Å². The Hall–Kier alpha value is -2.51. The molecule has 1 aliphatic heterocycles. The maximum absolute atomic E-state index is 12.1. The second-order valence-electron chi connectivity index (χ2n) is 6.73. The van der Waals surface area contributed by atoms with Crippen LogP contribution in [0.2, 0.25) is 0 Å². The van der Waals surface area contributed by atoms with Gasteiger partial charge in [0.25, 0.3) is 0 Å². The Labute approximate surface area is 147 Å². The topological polar surface area (TPSA) is 92.2 Å². The number of carbonyl (C=O) groups is 2. The molecular formula is C17H25N3O5. The van der Waals surface area contributed by atoms with E-state index in [0.717, 1.165) is 0 Å². The first-order valence-corrected chi connectivity index (χ1v) is 8.30. The molecule has 2 rings (SSSR count). The lowest BCUT2D eigenvalue weighted by atomic mass is 10.2. The number of carbonyl (C=O) groups excluding carboxylic acids is 1. The van der Waals surface area contributed by atoms with Crippen molar-refractivity contribution in [2.75, 3.05) is 37.7 Å². The number of piperazine rings is 1. The zero-order valence-corrected chi connectivity index (χ0v) is 15.1. The predicted molar refractivity (Wildman–Crippen MR) is 92.4 cm³/mol.